The number of nitrogens with zero attached hydrogens (tertiary/aromatic N) is 2. The Labute approximate surface area is 97.1 Å². The molecule has 16 heavy (non-hydrogen) atoms. The van der Waals surface area contributed by atoms with Crippen LogP contribution in [0.4, 0.5) is 13.2 Å². The monoisotopic (exact) mass is 272 g/mol. The molecule has 9 heteroatoms. The fraction of sp³-hybridized carbons (Fsp3) is 0.571. The lowest BCUT2D eigenvalue weighted by Crippen LogP contribution is -2.07. The molecule has 0 bridgehead atoms. The number of hydrogen-bond acceptors (Lipinski definition) is 5. The summed E-state index contributed by atoms with van der Waals surface area (Å²) in [6.45, 7) is 1.60. The molecule has 90 valence electrons. The van der Waals surface area contributed by atoms with Gasteiger partial charge in [-0.3, -0.25) is 4.79 Å². The van der Waals surface area contributed by atoms with E-state index in [4.69, 9.17) is 5.11 Å². The summed E-state index contributed by atoms with van der Waals surface area (Å²) in [7, 11) is 0. The largest absolute Gasteiger partial charge is 0.481 e. The first-order valence-corrected chi connectivity index (χ1v) is 5.73. The molecule has 1 aromatic heterocycles. The van der Waals surface area contributed by atoms with Gasteiger partial charge in [0.25, 0.3) is 0 Å². The number of carbonyl (C=O) groups is 1. The molecule has 1 N–H and O–H groups in total. The Morgan fingerprint density at radius 3 is 2.69 bits per heavy atom. The van der Waals surface area contributed by atoms with E-state index in [9.17, 15) is 18.0 Å². The third kappa shape index (κ3) is 3.97. The number of halogens is 3. The van der Waals surface area contributed by atoms with Crippen LogP contribution in [0, 0.1) is 0 Å². The number of carboxylic acids is 1. The lowest BCUT2D eigenvalue weighted by Gasteiger charge is -2.04. The molecule has 1 heterocycles. The molecule has 0 aliphatic heterocycles. The lowest BCUT2D eigenvalue weighted by molar-refractivity contribution is -0.144. The van der Waals surface area contributed by atoms with Gasteiger partial charge in [-0.2, -0.15) is 17.5 Å². The highest BCUT2D eigenvalue weighted by Gasteiger charge is 2.36. The summed E-state index contributed by atoms with van der Waals surface area (Å²) >= 11 is 1.59. The van der Waals surface area contributed by atoms with Crippen molar-refractivity contribution in [3.63, 3.8) is 0 Å². The second-order valence-electron chi connectivity index (χ2n) is 2.91. The predicted molar refractivity (Wildman–Crippen MR) is 52.5 cm³/mol. The van der Waals surface area contributed by atoms with Crippen LogP contribution in [-0.4, -0.2) is 25.7 Å². The molecule has 0 amide bonds. The fourth-order valence-corrected chi connectivity index (χ4v) is 2.75. The van der Waals surface area contributed by atoms with Crippen molar-refractivity contribution in [1.29, 1.82) is 0 Å². The zero-order valence-corrected chi connectivity index (χ0v) is 9.62. The van der Waals surface area contributed by atoms with Crippen LogP contribution in [0.1, 0.15) is 19.2 Å². The van der Waals surface area contributed by atoms with Crippen molar-refractivity contribution in [2.24, 2.45) is 0 Å². The van der Waals surface area contributed by atoms with Gasteiger partial charge in [0, 0.05) is 5.25 Å². The molecule has 1 aromatic rings. The summed E-state index contributed by atoms with van der Waals surface area (Å²) in [5.41, 5.74) is 0. The van der Waals surface area contributed by atoms with Crippen molar-refractivity contribution < 1.29 is 23.1 Å². The third-order valence-electron chi connectivity index (χ3n) is 1.43. The van der Waals surface area contributed by atoms with E-state index in [1.165, 1.54) is 0 Å². The van der Waals surface area contributed by atoms with Gasteiger partial charge in [-0.05, 0) is 11.5 Å². The summed E-state index contributed by atoms with van der Waals surface area (Å²) < 4.78 is 39.7. The first-order chi connectivity index (χ1) is 7.29. The second kappa shape index (κ2) is 5.00. The van der Waals surface area contributed by atoms with Gasteiger partial charge in [-0.1, -0.05) is 18.7 Å². The average Bonchev–Trinajstić information content (AvgIpc) is 2.49. The summed E-state index contributed by atoms with van der Waals surface area (Å²) in [5.74, 6) is -2.18. The van der Waals surface area contributed by atoms with E-state index in [1.807, 2.05) is 0 Å². The smallest absolute Gasteiger partial charge is 0.452 e. The van der Waals surface area contributed by atoms with Crippen molar-refractivity contribution in [2.45, 2.75) is 29.1 Å². The zero-order chi connectivity index (χ0) is 12.3. The highest BCUT2D eigenvalue weighted by molar-refractivity contribution is 8.01. The Kier molecular flexibility index (Phi) is 4.14. The van der Waals surface area contributed by atoms with Gasteiger partial charge < -0.3 is 5.11 Å². The number of hydrogen-bond donors (Lipinski definition) is 1. The zero-order valence-electron chi connectivity index (χ0n) is 7.98. The Morgan fingerprint density at radius 2 is 2.25 bits per heavy atom. The first kappa shape index (κ1) is 13.2. The van der Waals surface area contributed by atoms with Crippen LogP contribution >= 0.6 is 23.3 Å². The van der Waals surface area contributed by atoms with Crippen LogP contribution in [0.25, 0.3) is 0 Å². The van der Waals surface area contributed by atoms with Gasteiger partial charge in [0.1, 0.15) is 0 Å². The fourth-order valence-electron chi connectivity index (χ4n) is 0.832. The van der Waals surface area contributed by atoms with Gasteiger partial charge in [0.2, 0.25) is 5.82 Å². The number of rotatable bonds is 4. The van der Waals surface area contributed by atoms with Gasteiger partial charge in [-0.25, -0.2) is 4.98 Å². The average molecular weight is 272 g/mol. The molecule has 0 fully saturated rings. The Hall–Kier alpha value is -0.830. The maximum absolute atomic E-state index is 12.1. The van der Waals surface area contributed by atoms with E-state index in [0.717, 1.165) is 11.8 Å². The molecule has 0 radical (unpaired) electrons. The van der Waals surface area contributed by atoms with Gasteiger partial charge >= 0.3 is 12.1 Å². The summed E-state index contributed by atoms with van der Waals surface area (Å²) in [6.07, 6.45) is -4.68. The molecule has 1 rings (SSSR count). The van der Waals surface area contributed by atoms with Gasteiger partial charge in [-0.15, -0.1) is 0 Å². The molecule has 4 nitrogen and oxygen atoms in total. The van der Waals surface area contributed by atoms with Crippen molar-refractivity contribution in [3.8, 4) is 0 Å². The molecule has 1 atom stereocenters. The summed E-state index contributed by atoms with van der Waals surface area (Å²) in [4.78, 5) is 13.6. The minimum Gasteiger partial charge on any atom is -0.481 e. The van der Waals surface area contributed by atoms with Crippen molar-refractivity contribution >= 4 is 29.3 Å². The number of carboxylic acid groups (broad SMARTS) is 1. The normalized spacial score (nSPS) is 13.8. The number of aromatic nitrogens is 2. The second-order valence-corrected chi connectivity index (χ2v) is 5.35. The molecule has 0 saturated heterocycles. The number of thioether (sulfide) groups is 1. The lowest BCUT2D eigenvalue weighted by atomic mass is 10.3. The minimum atomic E-state index is -4.55. The number of aliphatic carboxylic acids is 1. The molecule has 0 aromatic carbocycles. The number of alkyl halides is 3. The van der Waals surface area contributed by atoms with E-state index >= 15 is 0 Å². The quantitative estimate of drug-likeness (QED) is 0.853. The van der Waals surface area contributed by atoms with E-state index < -0.39 is 18.0 Å². The van der Waals surface area contributed by atoms with E-state index in [-0.39, 0.29) is 16.0 Å². The highest BCUT2D eigenvalue weighted by Crippen LogP contribution is 2.32. The SMILES string of the molecule is CC(CC(=O)O)Sc1nc(C(F)(F)F)ns1. The van der Waals surface area contributed by atoms with Crippen molar-refractivity contribution in [2.75, 3.05) is 0 Å². The summed E-state index contributed by atoms with van der Waals surface area (Å²) in [6, 6.07) is 0. The Balaban J connectivity index is 2.62. The molecule has 1 unspecified atom stereocenters. The van der Waals surface area contributed by atoms with Gasteiger partial charge in [0.15, 0.2) is 4.34 Å². The molecule has 0 aliphatic rings. The molecule has 0 spiro atoms. The molecular formula is C7H7F3N2O2S2. The van der Waals surface area contributed by atoms with Crippen LogP contribution in [0.3, 0.4) is 0 Å². The molecular weight excluding hydrogens is 265 g/mol. The van der Waals surface area contributed by atoms with E-state index in [1.54, 1.807) is 6.92 Å². The van der Waals surface area contributed by atoms with Crippen LogP contribution in [0.15, 0.2) is 4.34 Å². The predicted octanol–water partition coefficient (Wildman–Crippen LogP) is 2.51. The molecule has 0 saturated carbocycles. The maximum Gasteiger partial charge on any atom is 0.452 e. The topological polar surface area (TPSA) is 63.1 Å². The first-order valence-electron chi connectivity index (χ1n) is 4.08. The standard InChI is InChI=1S/C7H7F3N2O2S2/c1-3(2-4(13)14)15-6-11-5(12-16-6)7(8,9)10/h3H,2H2,1H3,(H,13,14). The van der Waals surface area contributed by atoms with Crippen LogP contribution in [0.5, 0.6) is 0 Å². The van der Waals surface area contributed by atoms with Crippen LogP contribution < -0.4 is 0 Å². The van der Waals surface area contributed by atoms with Crippen molar-refractivity contribution in [1.82, 2.24) is 9.36 Å². The summed E-state index contributed by atoms with van der Waals surface area (Å²) in [5, 5.41) is 8.13. The van der Waals surface area contributed by atoms with E-state index in [2.05, 4.69) is 9.36 Å². The molecule has 0 aliphatic carbocycles. The minimum absolute atomic E-state index is 0.126. The van der Waals surface area contributed by atoms with E-state index in [0.29, 0.717) is 11.5 Å². The van der Waals surface area contributed by atoms with Crippen LogP contribution in [-0.2, 0) is 11.0 Å². The third-order valence-corrected chi connectivity index (χ3v) is 3.31. The van der Waals surface area contributed by atoms with Gasteiger partial charge in [0.05, 0.1) is 6.42 Å². The maximum atomic E-state index is 12.1. The van der Waals surface area contributed by atoms with Crippen LogP contribution in [0.2, 0.25) is 0 Å². The highest BCUT2D eigenvalue weighted by atomic mass is 32.2. The Morgan fingerprint density at radius 1 is 1.62 bits per heavy atom. The van der Waals surface area contributed by atoms with Crippen molar-refractivity contribution in [3.05, 3.63) is 5.82 Å². The Bertz CT molecular complexity index is 380.